The van der Waals surface area contributed by atoms with Crippen molar-refractivity contribution in [1.29, 1.82) is 0 Å². The minimum Gasteiger partial charge on any atom is -0.286 e. The number of Topliss-reactive ketones (excluding diaryl/α,β-unsaturated/α-hetero) is 1. The molecule has 0 aromatic rings. The zero-order valence-corrected chi connectivity index (χ0v) is 5.53. The molecule has 0 unspecified atom stereocenters. The molecule has 0 aliphatic heterocycles. The van der Waals surface area contributed by atoms with E-state index in [2.05, 4.69) is 0 Å². The van der Waals surface area contributed by atoms with Gasteiger partial charge in [0.15, 0.2) is 0 Å². The van der Waals surface area contributed by atoms with Crippen LogP contribution in [0, 0.1) is 0 Å². The van der Waals surface area contributed by atoms with Gasteiger partial charge in [-0.05, 0) is 6.08 Å². The summed E-state index contributed by atoms with van der Waals surface area (Å²) in [5, 5.41) is 0. The van der Waals surface area contributed by atoms with Crippen LogP contribution in [0.25, 0.3) is 0 Å². The average molecular weight is 148 g/mol. The van der Waals surface area contributed by atoms with Gasteiger partial charge in [0.1, 0.15) is 5.94 Å². The molecule has 0 amide bonds. The molecule has 3 nitrogen and oxygen atoms in total. The van der Waals surface area contributed by atoms with Crippen LogP contribution in [0.1, 0.15) is 0 Å². The summed E-state index contributed by atoms with van der Waals surface area (Å²) < 4.78 is 0. The molecule has 0 saturated carbocycles. The number of carbonyl (C=O) groups is 2. The Morgan fingerprint density at radius 2 is 2.09 bits per heavy atom. The molecule has 0 bridgehead atoms. The summed E-state index contributed by atoms with van der Waals surface area (Å²) >= 11 is 0. The largest absolute Gasteiger partial charge is 0.286 e. The second kappa shape index (κ2) is 2.90. The van der Waals surface area contributed by atoms with Crippen molar-refractivity contribution < 1.29 is 14.4 Å². The lowest BCUT2D eigenvalue weighted by atomic mass is 10.0. The van der Waals surface area contributed by atoms with E-state index in [-0.39, 0.29) is 5.57 Å². The second-order valence-electron chi connectivity index (χ2n) is 1.94. The minimum absolute atomic E-state index is 0.0903. The van der Waals surface area contributed by atoms with Crippen LogP contribution in [0.4, 0.5) is 0 Å². The molecule has 1 aliphatic rings. The molecule has 11 heavy (non-hydrogen) atoms. The standard InChI is InChI=1S/C8H4O3/c9-5-4-6-2-1-3-7(10)8(6)11/h1-4H. The fraction of sp³-hybridized carbons (Fsp3) is 0. The van der Waals surface area contributed by atoms with Gasteiger partial charge in [0.25, 0.3) is 0 Å². The maximum absolute atomic E-state index is 10.8. The first-order valence-corrected chi connectivity index (χ1v) is 2.93. The number of carbonyl (C=O) groups excluding carboxylic acids is 3. The van der Waals surface area contributed by atoms with Crippen molar-refractivity contribution in [3.8, 4) is 0 Å². The van der Waals surface area contributed by atoms with Crippen LogP contribution in [0.3, 0.4) is 0 Å². The molecule has 0 N–H and O–H groups in total. The van der Waals surface area contributed by atoms with E-state index in [4.69, 9.17) is 0 Å². The molecule has 1 rings (SSSR count). The number of allylic oxidation sites excluding steroid dienone is 5. The lowest BCUT2D eigenvalue weighted by Crippen LogP contribution is -2.14. The van der Waals surface area contributed by atoms with Gasteiger partial charge in [-0.2, -0.15) is 0 Å². The van der Waals surface area contributed by atoms with Crippen LogP contribution < -0.4 is 0 Å². The number of ketones is 2. The maximum Gasteiger partial charge on any atom is 0.233 e. The molecular weight excluding hydrogens is 144 g/mol. The van der Waals surface area contributed by atoms with Gasteiger partial charge in [0.2, 0.25) is 11.6 Å². The summed E-state index contributed by atoms with van der Waals surface area (Å²) in [6.45, 7) is 0. The van der Waals surface area contributed by atoms with Crippen LogP contribution in [-0.4, -0.2) is 17.5 Å². The first kappa shape index (κ1) is 7.38. The maximum atomic E-state index is 10.8. The number of hydrogen-bond acceptors (Lipinski definition) is 3. The van der Waals surface area contributed by atoms with Crippen molar-refractivity contribution in [2.45, 2.75) is 0 Å². The van der Waals surface area contributed by atoms with Crippen molar-refractivity contribution in [1.82, 2.24) is 0 Å². The van der Waals surface area contributed by atoms with Gasteiger partial charge in [0, 0.05) is 11.6 Å². The van der Waals surface area contributed by atoms with Gasteiger partial charge in [-0.1, -0.05) is 12.2 Å². The highest BCUT2D eigenvalue weighted by atomic mass is 16.2. The molecule has 0 aromatic carbocycles. The number of hydrogen-bond donors (Lipinski definition) is 0. The van der Waals surface area contributed by atoms with E-state index in [1.165, 1.54) is 18.1 Å². The third-order valence-corrected chi connectivity index (χ3v) is 1.22. The quantitative estimate of drug-likeness (QED) is 0.299. The van der Waals surface area contributed by atoms with Gasteiger partial charge < -0.3 is 0 Å². The molecule has 0 radical (unpaired) electrons. The third-order valence-electron chi connectivity index (χ3n) is 1.22. The van der Waals surface area contributed by atoms with Crippen LogP contribution in [-0.2, 0) is 14.4 Å². The van der Waals surface area contributed by atoms with Gasteiger partial charge >= 0.3 is 0 Å². The van der Waals surface area contributed by atoms with Gasteiger partial charge in [-0.3, -0.25) is 9.59 Å². The summed E-state index contributed by atoms with van der Waals surface area (Å²) in [5.41, 5.74) is 0.0903. The van der Waals surface area contributed by atoms with E-state index >= 15 is 0 Å². The van der Waals surface area contributed by atoms with E-state index < -0.39 is 11.6 Å². The molecule has 0 spiro atoms. The van der Waals surface area contributed by atoms with Crippen molar-refractivity contribution in [2.75, 3.05) is 0 Å². The Morgan fingerprint density at radius 1 is 1.36 bits per heavy atom. The zero-order chi connectivity index (χ0) is 8.27. The first-order valence-electron chi connectivity index (χ1n) is 2.93. The smallest absolute Gasteiger partial charge is 0.233 e. The van der Waals surface area contributed by atoms with Crippen LogP contribution in [0.15, 0.2) is 29.9 Å². The van der Waals surface area contributed by atoms with Crippen molar-refractivity contribution in [3.05, 3.63) is 29.9 Å². The highest BCUT2D eigenvalue weighted by Crippen LogP contribution is 2.04. The van der Waals surface area contributed by atoms with Crippen LogP contribution in [0.5, 0.6) is 0 Å². The predicted octanol–water partition coefficient (Wildman–Crippen LogP) is 0.00860. The molecule has 0 saturated heterocycles. The Bertz CT molecular complexity index is 314. The molecule has 54 valence electrons. The normalized spacial score (nSPS) is 15.8. The molecular formula is C8H4O3. The van der Waals surface area contributed by atoms with Crippen molar-refractivity contribution in [3.63, 3.8) is 0 Å². The highest BCUT2D eigenvalue weighted by molar-refractivity contribution is 6.49. The average Bonchev–Trinajstić information content (AvgIpc) is 1.99. The Kier molecular flexibility index (Phi) is 1.95. The monoisotopic (exact) mass is 148 g/mol. The Hall–Kier alpha value is -1.73. The Morgan fingerprint density at radius 3 is 2.73 bits per heavy atom. The third kappa shape index (κ3) is 1.39. The molecule has 0 fully saturated rings. The van der Waals surface area contributed by atoms with E-state index in [9.17, 15) is 14.4 Å². The van der Waals surface area contributed by atoms with Gasteiger partial charge in [-0.15, -0.1) is 0 Å². The molecule has 0 heterocycles. The summed E-state index contributed by atoms with van der Waals surface area (Å²) in [7, 11) is 0. The van der Waals surface area contributed by atoms with E-state index in [0.717, 1.165) is 12.2 Å². The van der Waals surface area contributed by atoms with Crippen LogP contribution in [0.2, 0.25) is 0 Å². The number of rotatable bonds is 1. The first-order chi connectivity index (χ1) is 5.25. The van der Waals surface area contributed by atoms with Gasteiger partial charge in [0.05, 0.1) is 0 Å². The molecule has 1 aliphatic carbocycles. The van der Waals surface area contributed by atoms with Crippen LogP contribution >= 0.6 is 0 Å². The molecule has 3 heteroatoms. The van der Waals surface area contributed by atoms with Gasteiger partial charge in [-0.25, -0.2) is 4.79 Å². The van der Waals surface area contributed by atoms with Crippen molar-refractivity contribution in [2.24, 2.45) is 0 Å². The summed E-state index contributed by atoms with van der Waals surface area (Å²) in [6, 6.07) is 0. The lowest BCUT2D eigenvalue weighted by Gasteiger charge is -1.97. The van der Waals surface area contributed by atoms with E-state index in [0.29, 0.717) is 0 Å². The minimum atomic E-state index is -0.657. The summed E-state index contributed by atoms with van der Waals surface area (Å²) in [6.07, 6.45) is 4.93. The zero-order valence-electron chi connectivity index (χ0n) is 5.53. The Labute approximate surface area is 62.7 Å². The van der Waals surface area contributed by atoms with E-state index in [1.54, 1.807) is 0 Å². The Balaban J connectivity index is 3.05. The highest BCUT2D eigenvalue weighted by Gasteiger charge is 2.16. The SMILES string of the molecule is O=C=CC1=CC=CC(=O)C1=O. The van der Waals surface area contributed by atoms with Crippen molar-refractivity contribution >= 4 is 17.5 Å². The van der Waals surface area contributed by atoms with E-state index in [1.807, 2.05) is 0 Å². The summed E-state index contributed by atoms with van der Waals surface area (Å²) in [5.74, 6) is 0.179. The lowest BCUT2D eigenvalue weighted by molar-refractivity contribution is -0.131. The fourth-order valence-electron chi connectivity index (χ4n) is 0.710. The second-order valence-corrected chi connectivity index (χ2v) is 1.94. The fourth-order valence-corrected chi connectivity index (χ4v) is 0.710. The molecule has 0 aromatic heterocycles. The summed E-state index contributed by atoms with van der Waals surface area (Å²) in [4.78, 5) is 31.3. The topological polar surface area (TPSA) is 51.2 Å². The molecule has 0 atom stereocenters. The predicted molar refractivity (Wildman–Crippen MR) is 37.5 cm³/mol.